The highest BCUT2D eigenvalue weighted by molar-refractivity contribution is 5.71. The van der Waals surface area contributed by atoms with Gasteiger partial charge in [0.05, 0.1) is 0 Å². The molecule has 0 heterocycles. The highest BCUT2D eigenvalue weighted by Crippen LogP contribution is 2.17. The highest BCUT2D eigenvalue weighted by Gasteiger charge is 2.19. The fourth-order valence-electron chi connectivity index (χ4n) is 9.81. The van der Waals surface area contributed by atoms with Crippen molar-refractivity contribution >= 4 is 17.9 Å². The number of carbonyl (C=O) groups excluding carboxylic acids is 3. The molecule has 0 aliphatic rings. The summed E-state index contributed by atoms with van der Waals surface area (Å²) in [6, 6.07) is 0. The molecule has 6 heteroatoms. The Morgan fingerprint density at radius 3 is 0.756 bits per heavy atom. The zero-order valence-electron chi connectivity index (χ0n) is 54.0. The van der Waals surface area contributed by atoms with Crippen molar-refractivity contribution in [2.45, 2.75) is 341 Å². The SMILES string of the molecule is CC/C=C\C/C=C\C/C=C\C/C=C\C/C=C\C/C=C\C/C=C\C/C=C\CCCCCCC(=O)OCC(COC(=O)CCCCCCCCC/C=C\CCCCCCCC)OC(=O)CCCCCCCCCCCCCCCCCCCC. The van der Waals surface area contributed by atoms with Crippen molar-refractivity contribution in [3.8, 4) is 0 Å². The number of carbonyl (C=O) groups is 3. The first kappa shape index (κ1) is 78.1. The number of ether oxygens (including phenoxy) is 3. The molecule has 0 aliphatic heterocycles. The van der Waals surface area contributed by atoms with Crippen molar-refractivity contribution in [1.29, 1.82) is 0 Å². The van der Waals surface area contributed by atoms with Crippen LogP contribution in [-0.4, -0.2) is 37.2 Å². The maximum Gasteiger partial charge on any atom is 0.306 e. The quantitative estimate of drug-likeness (QED) is 0.0261. The molecule has 0 saturated heterocycles. The Bertz CT molecular complexity index is 1640. The summed E-state index contributed by atoms with van der Waals surface area (Å²) in [6.45, 7) is 6.54. The van der Waals surface area contributed by atoms with E-state index in [0.29, 0.717) is 19.3 Å². The minimum absolute atomic E-state index is 0.0861. The van der Waals surface area contributed by atoms with Crippen LogP contribution in [0.5, 0.6) is 0 Å². The molecule has 0 N–H and O–H groups in total. The number of hydrogen-bond acceptors (Lipinski definition) is 6. The summed E-state index contributed by atoms with van der Waals surface area (Å²) in [6.07, 6.45) is 95.3. The van der Waals surface area contributed by atoms with E-state index in [2.05, 4.69) is 130 Å². The molecule has 0 aromatic heterocycles. The fourth-order valence-corrected chi connectivity index (χ4v) is 9.81. The molecule has 0 aliphatic carbocycles. The zero-order chi connectivity index (χ0) is 59.2. The molecular weight excluding hydrogens is 1010 g/mol. The molecule has 0 aromatic carbocycles. The van der Waals surface area contributed by atoms with Gasteiger partial charge in [0.2, 0.25) is 0 Å². The summed E-state index contributed by atoms with van der Waals surface area (Å²) in [5.41, 5.74) is 0. The van der Waals surface area contributed by atoms with Crippen LogP contribution in [0.1, 0.15) is 335 Å². The third-order valence-corrected chi connectivity index (χ3v) is 15.0. The van der Waals surface area contributed by atoms with Crippen LogP contribution >= 0.6 is 0 Å². The molecule has 0 radical (unpaired) electrons. The Morgan fingerprint density at radius 2 is 0.476 bits per heavy atom. The van der Waals surface area contributed by atoms with Crippen molar-refractivity contribution in [2.24, 2.45) is 0 Å². The molecular formula is C76H130O6. The molecule has 0 aromatic rings. The van der Waals surface area contributed by atoms with Crippen molar-refractivity contribution in [1.82, 2.24) is 0 Å². The first-order valence-electron chi connectivity index (χ1n) is 34.9. The monoisotopic (exact) mass is 1140 g/mol. The van der Waals surface area contributed by atoms with Gasteiger partial charge in [-0.3, -0.25) is 14.4 Å². The normalized spacial score (nSPS) is 12.8. The smallest absolute Gasteiger partial charge is 0.306 e. The average molecular weight is 1140 g/mol. The first-order chi connectivity index (χ1) is 40.5. The predicted octanol–water partition coefficient (Wildman–Crippen LogP) is 24.2. The second kappa shape index (κ2) is 69.6. The molecule has 1 atom stereocenters. The molecule has 0 amide bonds. The van der Waals surface area contributed by atoms with E-state index in [1.165, 1.54) is 173 Å². The van der Waals surface area contributed by atoms with E-state index in [-0.39, 0.29) is 31.1 Å². The van der Waals surface area contributed by atoms with Gasteiger partial charge in [-0.1, -0.05) is 316 Å². The van der Waals surface area contributed by atoms with Gasteiger partial charge in [-0.25, -0.2) is 0 Å². The lowest BCUT2D eigenvalue weighted by Crippen LogP contribution is -2.30. The van der Waals surface area contributed by atoms with E-state index in [1.54, 1.807) is 0 Å². The third kappa shape index (κ3) is 66.9. The van der Waals surface area contributed by atoms with Crippen LogP contribution in [0.4, 0.5) is 0 Å². The second-order valence-electron chi connectivity index (χ2n) is 23.1. The molecule has 6 nitrogen and oxygen atoms in total. The van der Waals surface area contributed by atoms with E-state index in [4.69, 9.17) is 14.2 Å². The van der Waals surface area contributed by atoms with Crippen molar-refractivity contribution in [3.63, 3.8) is 0 Å². The van der Waals surface area contributed by atoms with E-state index in [1.807, 2.05) is 0 Å². The van der Waals surface area contributed by atoms with Crippen molar-refractivity contribution in [2.75, 3.05) is 13.2 Å². The summed E-state index contributed by atoms with van der Waals surface area (Å²) in [7, 11) is 0. The van der Waals surface area contributed by atoms with Gasteiger partial charge in [-0.15, -0.1) is 0 Å². The van der Waals surface area contributed by atoms with Gasteiger partial charge >= 0.3 is 17.9 Å². The Labute approximate surface area is 508 Å². The summed E-state index contributed by atoms with van der Waals surface area (Å²) in [5.74, 6) is -0.901. The number of unbranched alkanes of at least 4 members (excludes halogenated alkanes) is 34. The average Bonchev–Trinajstić information content (AvgIpc) is 3.47. The first-order valence-corrected chi connectivity index (χ1v) is 34.9. The number of esters is 3. The van der Waals surface area contributed by atoms with Gasteiger partial charge in [0.1, 0.15) is 13.2 Å². The highest BCUT2D eigenvalue weighted by atomic mass is 16.6. The largest absolute Gasteiger partial charge is 0.462 e. The van der Waals surface area contributed by atoms with Crippen LogP contribution in [0.2, 0.25) is 0 Å². The molecule has 0 saturated carbocycles. The number of hydrogen-bond donors (Lipinski definition) is 0. The Hall–Kier alpha value is -3.93. The van der Waals surface area contributed by atoms with Crippen LogP contribution in [0.15, 0.2) is 109 Å². The molecule has 1 unspecified atom stereocenters. The zero-order valence-corrected chi connectivity index (χ0v) is 54.0. The van der Waals surface area contributed by atoms with Crippen molar-refractivity contribution < 1.29 is 28.6 Å². The van der Waals surface area contributed by atoms with E-state index in [9.17, 15) is 14.4 Å². The number of allylic oxidation sites excluding steroid dienone is 18. The summed E-state index contributed by atoms with van der Waals surface area (Å²) >= 11 is 0. The lowest BCUT2D eigenvalue weighted by Gasteiger charge is -2.18. The maximum atomic E-state index is 12.9. The molecule has 0 spiro atoms. The Balaban J connectivity index is 4.40. The second-order valence-corrected chi connectivity index (χ2v) is 23.1. The molecule has 0 fully saturated rings. The summed E-state index contributed by atoms with van der Waals surface area (Å²) in [5, 5.41) is 0. The molecule has 0 bridgehead atoms. The van der Waals surface area contributed by atoms with Crippen LogP contribution < -0.4 is 0 Å². The maximum absolute atomic E-state index is 12.9. The van der Waals surface area contributed by atoms with Gasteiger partial charge < -0.3 is 14.2 Å². The predicted molar refractivity (Wildman–Crippen MR) is 357 cm³/mol. The minimum Gasteiger partial charge on any atom is -0.462 e. The van der Waals surface area contributed by atoms with Crippen LogP contribution in [0, 0.1) is 0 Å². The summed E-state index contributed by atoms with van der Waals surface area (Å²) in [4.78, 5) is 38.4. The van der Waals surface area contributed by atoms with Gasteiger partial charge in [-0.2, -0.15) is 0 Å². The van der Waals surface area contributed by atoms with Gasteiger partial charge in [0.25, 0.3) is 0 Å². The lowest BCUT2D eigenvalue weighted by molar-refractivity contribution is -0.167. The topological polar surface area (TPSA) is 78.9 Å². The van der Waals surface area contributed by atoms with Gasteiger partial charge in [0, 0.05) is 19.3 Å². The molecule has 470 valence electrons. The third-order valence-electron chi connectivity index (χ3n) is 15.0. The van der Waals surface area contributed by atoms with Crippen LogP contribution in [0.3, 0.4) is 0 Å². The van der Waals surface area contributed by atoms with Crippen LogP contribution in [0.25, 0.3) is 0 Å². The lowest BCUT2D eigenvalue weighted by atomic mass is 10.0. The van der Waals surface area contributed by atoms with Crippen LogP contribution in [-0.2, 0) is 28.6 Å². The van der Waals surface area contributed by atoms with E-state index >= 15 is 0 Å². The standard InChI is InChI=1S/C76H130O6/c1-4-7-10-13-16-19-22-25-28-31-33-34-35-36-37-38-39-40-41-42-43-46-48-51-54-57-60-63-66-69-75(78)81-72-73(71-80-74(77)68-65-62-59-56-53-50-47-44-30-27-24-21-18-15-12-9-6-3)82-76(79)70-67-64-61-58-55-52-49-45-32-29-26-23-20-17-14-11-8-5-2/h7,10,16,19,25,27-28,30,33-34,36-37,39-40,42-43,48,51,73H,4-6,8-9,11-15,17-18,20-24,26,29,31-32,35,38,41,44-47,49-50,52-72H2,1-3H3/b10-7-,19-16-,28-25-,30-27-,34-33-,37-36-,40-39-,43-42-,51-48-. The van der Waals surface area contributed by atoms with Gasteiger partial charge in [0.15, 0.2) is 6.10 Å². The Morgan fingerprint density at radius 1 is 0.256 bits per heavy atom. The number of rotatable bonds is 63. The van der Waals surface area contributed by atoms with Crippen molar-refractivity contribution in [3.05, 3.63) is 109 Å². The minimum atomic E-state index is -0.792. The molecule has 0 rings (SSSR count). The molecule has 82 heavy (non-hydrogen) atoms. The summed E-state index contributed by atoms with van der Waals surface area (Å²) < 4.78 is 17.0. The Kier molecular flexibility index (Phi) is 66.2. The van der Waals surface area contributed by atoms with E-state index < -0.39 is 6.10 Å². The fraction of sp³-hybridized carbons (Fsp3) is 0.724. The van der Waals surface area contributed by atoms with E-state index in [0.717, 1.165) is 122 Å². The van der Waals surface area contributed by atoms with Gasteiger partial charge in [-0.05, 0) is 109 Å².